The zero-order chi connectivity index (χ0) is 26.8. The highest BCUT2D eigenvalue weighted by Crippen LogP contribution is 2.43. The molecule has 0 aliphatic heterocycles. The number of nitrogens with zero attached hydrogens (tertiary/aromatic N) is 3. The number of rotatable bonds is 8. The number of fused-ring (bicyclic) bond motifs is 2. The molecule has 5 rings (SSSR count). The highest BCUT2D eigenvalue weighted by Gasteiger charge is 2.20. The molecule has 0 saturated carbocycles. The smallest absolute Gasteiger partial charge is 0.282 e. The molecule has 0 bridgehead atoms. The first-order chi connectivity index (χ1) is 18.4. The number of ether oxygens (including phenoxy) is 2. The predicted molar refractivity (Wildman–Crippen MR) is 155 cm³/mol. The number of aromatic nitrogens is 2. The van der Waals surface area contributed by atoms with Crippen LogP contribution in [0.5, 0.6) is 11.5 Å². The maximum atomic E-state index is 13.6. The van der Waals surface area contributed by atoms with E-state index in [2.05, 4.69) is 21.0 Å². The van der Waals surface area contributed by atoms with Crippen molar-refractivity contribution in [2.45, 2.75) is 33.3 Å². The second kappa shape index (κ2) is 11.0. The van der Waals surface area contributed by atoms with Gasteiger partial charge in [-0.1, -0.05) is 48.9 Å². The standard InChI is InChI=1S/C29H25BrClN3O4/c1-4-17(3)37-27-23(36-5-2)15-19(25(30)26(27)31)16-32-34-28(24-14-18-10-6-9-13-22(18)38-24)33-21-12-8-7-11-20(21)29(34)35/h6-17H,4-5H2,1-3H3/t17-/m1/s1. The fourth-order valence-electron chi connectivity index (χ4n) is 3.96. The molecule has 0 amide bonds. The Morgan fingerprint density at radius 1 is 1.16 bits per heavy atom. The van der Waals surface area contributed by atoms with Gasteiger partial charge >= 0.3 is 0 Å². The van der Waals surface area contributed by atoms with E-state index in [0.717, 1.165) is 11.8 Å². The maximum Gasteiger partial charge on any atom is 0.282 e. The van der Waals surface area contributed by atoms with Gasteiger partial charge in [0, 0.05) is 15.4 Å². The Kier molecular flexibility index (Phi) is 7.53. The van der Waals surface area contributed by atoms with Crippen LogP contribution in [0.1, 0.15) is 32.8 Å². The van der Waals surface area contributed by atoms with Gasteiger partial charge in [0.15, 0.2) is 17.3 Å². The minimum absolute atomic E-state index is 0.0493. The van der Waals surface area contributed by atoms with Crippen LogP contribution < -0.4 is 15.0 Å². The normalized spacial score (nSPS) is 12.4. The first-order valence-corrected chi connectivity index (χ1v) is 13.4. The maximum absolute atomic E-state index is 13.6. The Hall–Kier alpha value is -3.62. The molecule has 1 atom stereocenters. The van der Waals surface area contributed by atoms with Crippen molar-refractivity contribution in [3.8, 4) is 23.1 Å². The van der Waals surface area contributed by atoms with Gasteiger partial charge in [0.2, 0.25) is 5.82 Å². The summed E-state index contributed by atoms with van der Waals surface area (Å²) in [6, 6.07) is 18.4. The molecule has 0 unspecified atom stereocenters. The molecule has 194 valence electrons. The third kappa shape index (κ3) is 4.93. The van der Waals surface area contributed by atoms with Crippen molar-refractivity contribution in [3.63, 3.8) is 0 Å². The Bertz CT molecular complexity index is 1690. The van der Waals surface area contributed by atoms with Gasteiger partial charge in [-0.25, -0.2) is 4.98 Å². The quantitative estimate of drug-likeness (QED) is 0.172. The molecular weight excluding hydrogens is 570 g/mol. The first-order valence-electron chi connectivity index (χ1n) is 12.3. The summed E-state index contributed by atoms with van der Waals surface area (Å²) in [5, 5.41) is 6.25. The van der Waals surface area contributed by atoms with Crippen molar-refractivity contribution < 1.29 is 13.9 Å². The first kappa shape index (κ1) is 26.0. The lowest BCUT2D eigenvalue weighted by molar-refractivity contribution is 0.203. The summed E-state index contributed by atoms with van der Waals surface area (Å²) in [4.78, 5) is 18.3. The van der Waals surface area contributed by atoms with Crippen molar-refractivity contribution in [1.82, 2.24) is 9.66 Å². The summed E-state index contributed by atoms with van der Waals surface area (Å²) in [7, 11) is 0. The van der Waals surface area contributed by atoms with Crippen molar-refractivity contribution in [3.05, 3.63) is 86.1 Å². The van der Waals surface area contributed by atoms with Gasteiger partial charge in [0.25, 0.3) is 5.56 Å². The van der Waals surface area contributed by atoms with Crippen molar-refractivity contribution in [2.24, 2.45) is 5.10 Å². The molecule has 0 N–H and O–H groups in total. The third-order valence-electron chi connectivity index (χ3n) is 6.06. The van der Waals surface area contributed by atoms with E-state index in [4.69, 9.17) is 30.5 Å². The Labute approximate surface area is 232 Å². The summed E-state index contributed by atoms with van der Waals surface area (Å²) in [5.41, 5.74) is 1.51. The van der Waals surface area contributed by atoms with Crippen molar-refractivity contribution in [1.29, 1.82) is 0 Å². The van der Waals surface area contributed by atoms with E-state index in [1.165, 1.54) is 10.9 Å². The molecule has 7 nitrogen and oxygen atoms in total. The van der Waals surface area contributed by atoms with E-state index in [-0.39, 0.29) is 17.5 Å². The van der Waals surface area contributed by atoms with Crippen LogP contribution in [0, 0.1) is 0 Å². The number of hydrogen-bond donors (Lipinski definition) is 0. The third-order valence-corrected chi connectivity index (χ3v) is 7.50. The van der Waals surface area contributed by atoms with Gasteiger partial charge in [-0.2, -0.15) is 9.78 Å². The lowest BCUT2D eigenvalue weighted by Crippen LogP contribution is -2.20. The molecule has 0 aliphatic rings. The number of hydrogen-bond acceptors (Lipinski definition) is 6. The Morgan fingerprint density at radius 3 is 2.68 bits per heavy atom. The minimum Gasteiger partial charge on any atom is -0.490 e. The van der Waals surface area contributed by atoms with Crippen LogP contribution in [0.15, 0.2) is 79.4 Å². The van der Waals surface area contributed by atoms with Gasteiger partial charge in [-0.15, -0.1) is 0 Å². The second-order valence-electron chi connectivity index (χ2n) is 8.65. The summed E-state index contributed by atoms with van der Waals surface area (Å²) in [5.74, 6) is 1.66. The number of para-hydroxylation sites is 2. The van der Waals surface area contributed by atoms with Crippen LogP contribution in [-0.4, -0.2) is 28.6 Å². The molecule has 0 aliphatic carbocycles. The van der Waals surface area contributed by atoms with Crippen molar-refractivity contribution >= 4 is 55.6 Å². The van der Waals surface area contributed by atoms with Gasteiger partial charge < -0.3 is 13.9 Å². The number of furan rings is 1. The molecule has 9 heteroatoms. The number of benzene rings is 3. The highest BCUT2D eigenvalue weighted by atomic mass is 79.9. The van der Waals surface area contributed by atoms with E-state index in [1.807, 2.05) is 57.2 Å². The fourth-order valence-corrected chi connectivity index (χ4v) is 4.60. The SMILES string of the molecule is CCOc1cc(C=Nn2c(-c3cc4ccccc4o3)nc3ccccc3c2=O)c(Br)c(Cl)c1O[C@H](C)CC. The largest absolute Gasteiger partial charge is 0.490 e. The zero-order valence-electron chi connectivity index (χ0n) is 21.1. The second-order valence-corrected chi connectivity index (χ2v) is 9.82. The average molecular weight is 595 g/mol. The topological polar surface area (TPSA) is 78.9 Å². The summed E-state index contributed by atoms with van der Waals surface area (Å²) >= 11 is 10.3. The molecule has 5 aromatic rings. The van der Waals surface area contributed by atoms with Crippen LogP contribution in [0.25, 0.3) is 33.5 Å². The summed E-state index contributed by atoms with van der Waals surface area (Å²) < 4.78 is 19.7. The van der Waals surface area contributed by atoms with E-state index in [9.17, 15) is 4.79 Å². The van der Waals surface area contributed by atoms with E-state index in [0.29, 0.717) is 55.4 Å². The highest BCUT2D eigenvalue weighted by molar-refractivity contribution is 9.10. The minimum atomic E-state index is -0.328. The van der Waals surface area contributed by atoms with E-state index >= 15 is 0 Å². The molecule has 0 radical (unpaired) electrons. The molecule has 0 saturated heterocycles. The predicted octanol–water partition coefficient (Wildman–Crippen LogP) is 7.68. The summed E-state index contributed by atoms with van der Waals surface area (Å²) in [6.45, 7) is 6.31. The van der Waals surface area contributed by atoms with Crippen molar-refractivity contribution in [2.75, 3.05) is 6.61 Å². The Morgan fingerprint density at radius 2 is 1.92 bits per heavy atom. The lowest BCUT2D eigenvalue weighted by atomic mass is 10.2. The van der Waals surface area contributed by atoms with Gasteiger partial charge in [0.05, 0.1) is 29.8 Å². The lowest BCUT2D eigenvalue weighted by Gasteiger charge is -2.19. The average Bonchev–Trinajstić information content (AvgIpc) is 3.37. The molecule has 3 aromatic carbocycles. The monoisotopic (exact) mass is 593 g/mol. The van der Waals surface area contributed by atoms with E-state index < -0.39 is 0 Å². The van der Waals surface area contributed by atoms with Crippen LogP contribution in [-0.2, 0) is 0 Å². The molecule has 2 heterocycles. The zero-order valence-corrected chi connectivity index (χ0v) is 23.4. The molecule has 0 spiro atoms. The van der Waals surface area contributed by atoms with Gasteiger partial charge in [0.1, 0.15) is 10.6 Å². The van der Waals surface area contributed by atoms with E-state index in [1.54, 1.807) is 24.3 Å². The molecule has 38 heavy (non-hydrogen) atoms. The molecular formula is C29H25BrClN3O4. The van der Waals surface area contributed by atoms with Crippen LogP contribution in [0.2, 0.25) is 5.02 Å². The molecule has 0 fully saturated rings. The number of halogens is 2. The molecule has 2 aromatic heterocycles. The van der Waals surface area contributed by atoms with Gasteiger partial charge in [-0.3, -0.25) is 4.79 Å². The van der Waals surface area contributed by atoms with Crippen LogP contribution >= 0.6 is 27.5 Å². The van der Waals surface area contributed by atoms with Crippen LogP contribution in [0.3, 0.4) is 0 Å². The van der Waals surface area contributed by atoms with Crippen LogP contribution in [0.4, 0.5) is 0 Å². The van der Waals surface area contributed by atoms with Gasteiger partial charge in [-0.05, 0) is 66.5 Å². The Balaban J connectivity index is 1.67. The summed E-state index contributed by atoms with van der Waals surface area (Å²) in [6.07, 6.45) is 2.30. The fraction of sp³-hybridized carbons (Fsp3) is 0.207.